The number of ether oxygens (including phenoxy) is 2. The summed E-state index contributed by atoms with van der Waals surface area (Å²) in [4.78, 5) is 0. The zero-order valence-electron chi connectivity index (χ0n) is 12.3. The molecule has 1 unspecified atom stereocenters. The summed E-state index contributed by atoms with van der Waals surface area (Å²) in [6.07, 6.45) is 8.16. The van der Waals surface area contributed by atoms with Gasteiger partial charge >= 0.3 is 0 Å². The molecular weight excluding hydrogens is 250 g/mol. The zero-order chi connectivity index (χ0) is 13.8. The number of para-hydroxylation sites is 1. The lowest BCUT2D eigenvalue weighted by Crippen LogP contribution is -2.27. The van der Waals surface area contributed by atoms with Crippen molar-refractivity contribution in [2.24, 2.45) is 0 Å². The van der Waals surface area contributed by atoms with Crippen molar-refractivity contribution in [2.45, 2.75) is 56.8 Å². The monoisotopic (exact) mass is 275 g/mol. The minimum absolute atomic E-state index is 0.106. The fraction of sp³-hybridized carbons (Fsp3) is 0.647. The highest BCUT2D eigenvalue weighted by molar-refractivity contribution is 5.35. The zero-order valence-corrected chi connectivity index (χ0v) is 12.3. The normalized spacial score (nSPS) is 21.1. The molecule has 0 heterocycles. The molecular formula is C17H25NO2. The van der Waals surface area contributed by atoms with Gasteiger partial charge < -0.3 is 14.8 Å². The summed E-state index contributed by atoms with van der Waals surface area (Å²) >= 11 is 0. The molecule has 1 N–H and O–H groups in total. The Labute approximate surface area is 121 Å². The van der Waals surface area contributed by atoms with Gasteiger partial charge in [0.15, 0.2) is 0 Å². The summed E-state index contributed by atoms with van der Waals surface area (Å²) < 4.78 is 11.9. The second kappa shape index (κ2) is 6.59. The van der Waals surface area contributed by atoms with Crippen molar-refractivity contribution < 1.29 is 9.47 Å². The molecule has 0 bridgehead atoms. The summed E-state index contributed by atoms with van der Waals surface area (Å²) in [7, 11) is 1.74. The van der Waals surface area contributed by atoms with E-state index in [1.807, 2.05) is 12.1 Å². The van der Waals surface area contributed by atoms with E-state index in [-0.39, 0.29) is 6.10 Å². The lowest BCUT2D eigenvalue weighted by atomic mass is 10.1. The SMILES string of the molecule is COc1ccccc1C(CNC1CC1)OC1CCCC1. The van der Waals surface area contributed by atoms with Crippen molar-refractivity contribution in [3.63, 3.8) is 0 Å². The van der Waals surface area contributed by atoms with E-state index < -0.39 is 0 Å². The van der Waals surface area contributed by atoms with Crippen LogP contribution in [0.25, 0.3) is 0 Å². The third-order valence-corrected chi connectivity index (χ3v) is 4.31. The van der Waals surface area contributed by atoms with Gasteiger partial charge in [0.25, 0.3) is 0 Å². The van der Waals surface area contributed by atoms with Crippen LogP contribution in [0.3, 0.4) is 0 Å². The van der Waals surface area contributed by atoms with E-state index in [2.05, 4.69) is 17.4 Å². The quantitative estimate of drug-likeness (QED) is 0.827. The van der Waals surface area contributed by atoms with Crippen LogP contribution >= 0.6 is 0 Å². The number of methoxy groups -OCH3 is 1. The van der Waals surface area contributed by atoms with Gasteiger partial charge in [0, 0.05) is 18.2 Å². The van der Waals surface area contributed by atoms with Crippen molar-refractivity contribution in [1.29, 1.82) is 0 Å². The minimum Gasteiger partial charge on any atom is -0.496 e. The number of benzene rings is 1. The van der Waals surface area contributed by atoms with Crippen molar-refractivity contribution in [1.82, 2.24) is 5.32 Å². The van der Waals surface area contributed by atoms with Crippen LogP contribution < -0.4 is 10.1 Å². The summed E-state index contributed by atoms with van der Waals surface area (Å²) in [5, 5.41) is 3.60. The Bertz CT molecular complexity index is 425. The molecule has 0 aliphatic heterocycles. The molecule has 2 aliphatic carbocycles. The van der Waals surface area contributed by atoms with E-state index in [0.29, 0.717) is 12.1 Å². The van der Waals surface area contributed by atoms with Gasteiger partial charge in [0.2, 0.25) is 0 Å². The Morgan fingerprint density at radius 1 is 1.15 bits per heavy atom. The van der Waals surface area contributed by atoms with Gasteiger partial charge in [-0.05, 0) is 31.7 Å². The van der Waals surface area contributed by atoms with Crippen LogP contribution in [0.4, 0.5) is 0 Å². The molecule has 2 saturated carbocycles. The molecule has 20 heavy (non-hydrogen) atoms. The number of nitrogens with one attached hydrogen (secondary N) is 1. The van der Waals surface area contributed by atoms with E-state index in [0.717, 1.165) is 12.3 Å². The van der Waals surface area contributed by atoms with Crippen LogP contribution in [0, 0.1) is 0 Å². The summed E-state index contributed by atoms with van der Waals surface area (Å²) in [5.41, 5.74) is 1.18. The van der Waals surface area contributed by atoms with E-state index in [9.17, 15) is 0 Å². The van der Waals surface area contributed by atoms with Crippen molar-refractivity contribution in [3.05, 3.63) is 29.8 Å². The Balaban J connectivity index is 1.71. The van der Waals surface area contributed by atoms with E-state index in [4.69, 9.17) is 9.47 Å². The topological polar surface area (TPSA) is 30.5 Å². The first-order valence-electron chi connectivity index (χ1n) is 7.88. The highest BCUT2D eigenvalue weighted by Gasteiger charge is 2.27. The molecule has 2 fully saturated rings. The summed E-state index contributed by atoms with van der Waals surface area (Å²) in [5.74, 6) is 0.938. The standard InChI is InChI=1S/C17H25NO2/c1-19-16-9-5-4-8-15(16)17(12-18-13-10-11-13)20-14-6-2-3-7-14/h4-5,8-9,13-14,17-18H,2-3,6-7,10-12H2,1H3. The Hall–Kier alpha value is -1.06. The number of rotatable bonds is 7. The molecule has 3 nitrogen and oxygen atoms in total. The fourth-order valence-electron chi connectivity index (χ4n) is 2.98. The van der Waals surface area contributed by atoms with Gasteiger partial charge in [-0.15, -0.1) is 0 Å². The van der Waals surface area contributed by atoms with Crippen molar-refractivity contribution >= 4 is 0 Å². The summed E-state index contributed by atoms with van der Waals surface area (Å²) in [6.45, 7) is 0.890. The molecule has 3 rings (SSSR count). The predicted octanol–water partition coefficient (Wildman–Crippen LogP) is 3.45. The van der Waals surface area contributed by atoms with Crippen LogP contribution in [0.1, 0.15) is 50.2 Å². The first kappa shape index (κ1) is 13.9. The Morgan fingerprint density at radius 3 is 2.60 bits per heavy atom. The van der Waals surface area contributed by atoms with E-state index in [1.165, 1.54) is 44.1 Å². The first-order valence-corrected chi connectivity index (χ1v) is 7.88. The van der Waals surface area contributed by atoms with Crippen molar-refractivity contribution in [2.75, 3.05) is 13.7 Å². The average Bonchev–Trinajstić information content (AvgIpc) is 3.18. The Kier molecular flexibility index (Phi) is 4.58. The largest absolute Gasteiger partial charge is 0.496 e. The number of hydrogen-bond acceptors (Lipinski definition) is 3. The van der Waals surface area contributed by atoms with Gasteiger partial charge in [0.1, 0.15) is 5.75 Å². The molecule has 3 heteroatoms. The first-order chi connectivity index (χ1) is 9.86. The molecule has 0 saturated heterocycles. The predicted molar refractivity (Wildman–Crippen MR) is 80.1 cm³/mol. The highest BCUT2D eigenvalue weighted by atomic mass is 16.5. The van der Waals surface area contributed by atoms with E-state index >= 15 is 0 Å². The molecule has 1 aromatic carbocycles. The third kappa shape index (κ3) is 3.53. The molecule has 110 valence electrons. The smallest absolute Gasteiger partial charge is 0.124 e. The average molecular weight is 275 g/mol. The summed E-state index contributed by atoms with van der Waals surface area (Å²) in [6, 6.07) is 8.95. The van der Waals surface area contributed by atoms with Crippen LogP contribution in [0.5, 0.6) is 5.75 Å². The third-order valence-electron chi connectivity index (χ3n) is 4.31. The van der Waals surface area contributed by atoms with Gasteiger partial charge in [-0.1, -0.05) is 31.0 Å². The second-order valence-electron chi connectivity index (χ2n) is 5.96. The van der Waals surface area contributed by atoms with Crippen LogP contribution in [0.15, 0.2) is 24.3 Å². The molecule has 0 spiro atoms. The van der Waals surface area contributed by atoms with Gasteiger partial charge in [0.05, 0.1) is 19.3 Å². The van der Waals surface area contributed by atoms with Crippen LogP contribution in [-0.2, 0) is 4.74 Å². The van der Waals surface area contributed by atoms with Gasteiger partial charge in [-0.2, -0.15) is 0 Å². The molecule has 1 aromatic rings. The lowest BCUT2D eigenvalue weighted by molar-refractivity contribution is -0.00997. The molecule has 0 radical (unpaired) electrons. The second-order valence-corrected chi connectivity index (χ2v) is 5.96. The molecule has 0 amide bonds. The minimum atomic E-state index is 0.106. The van der Waals surface area contributed by atoms with E-state index in [1.54, 1.807) is 7.11 Å². The van der Waals surface area contributed by atoms with Crippen LogP contribution in [0.2, 0.25) is 0 Å². The maximum Gasteiger partial charge on any atom is 0.124 e. The Morgan fingerprint density at radius 2 is 1.90 bits per heavy atom. The lowest BCUT2D eigenvalue weighted by Gasteiger charge is -2.24. The highest BCUT2D eigenvalue weighted by Crippen LogP contribution is 2.32. The molecule has 1 atom stereocenters. The van der Waals surface area contributed by atoms with Gasteiger partial charge in [-0.3, -0.25) is 0 Å². The van der Waals surface area contributed by atoms with Crippen molar-refractivity contribution in [3.8, 4) is 5.75 Å². The fourth-order valence-corrected chi connectivity index (χ4v) is 2.98. The van der Waals surface area contributed by atoms with Crippen LogP contribution in [-0.4, -0.2) is 25.8 Å². The number of hydrogen-bond donors (Lipinski definition) is 1. The molecule has 0 aromatic heterocycles. The molecule has 2 aliphatic rings. The maximum absolute atomic E-state index is 6.38. The maximum atomic E-state index is 6.38. The van der Waals surface area contributed by atoms with Gasteiger partial charge in [-0.25, -0.2) is 0 Å².